The second kappa shape index (κ2) is 6.49. The lowest BCUT2D eigenvalue weighted by atomic mass is 9.82. The van der Waals surface area contributed by atoms with E-state index < -0.39 is 5.60 Å². The van der Waals surface area contributed by atoms with Gasteiger partial charge in [-0.05, 0) is 68.1 Å². The molecule has 2 aliphatic rings. The normalized spacial score (nSPS) is 23.3. The number of nitrogens with one attached hydrogen (secondary N) is 1. The molecule has 0 aliphatic carbocycles. The van der Waals surface area contributed by atoms with Gasteiger partial charge in [0.25, 0.3) is 5.91 Å². The van der Waals surface area contributed by atoms with Crippen LogP contribution in [0.1, 0.15) is 42.4 Å². The molecule has 2 aromatic carbocycles. The highest BCUT2D eigenvalue weighted by Gasteiger charge is 2.48. The Kier molecular flexibility index (Phi) is 4.29. The van der Waals surface area contributed by atoms with Gasteiger partial charge in [0, 0.05) is 5.56 Å². The highest BCUT2D eigenvalue weighted by atomic mass is 19.1. The molecule has 0 saturated carbocycles. The zero-order valence-corrected chi connectivity index (χ0v) is 14.8. The lowest BCUT2D eigenvalue weighted by Crippen LogP contribution is -2.38. The number of hydrogen-bond donors (Lipinski definition) is 2. The topological polar surface area (TPSA) is 52.6 Å². The molecule has 5 heteroatoms. The number of aliphatic hydroxyl groups is 1. The SMILES string of the molecule is CC1(O)C(=O)N(Cc2cccc(F)c2)c2cccc(C3CCNCC3)c21. The van der Waals surface area contributed by atoms with E-state index in [1.807, 2.05) is 18.2 Å². The monoisotopic (exact) mass is 354 g/mol. The van der Waals surface area contributed by atoms with E-state index in [0.717, 1.165) is 37.2 Å². The number of carbonyl (C=O) groups excluding carboxylic acids is 1. The predicted octanol–water partition coefficient (Wildman–Crippen LogP) is 3.05. The van der Waals surface area contributed by atoms with Crippen molar-refractivity contribution >= 4 is 11.6 Å². The molecule has 1 amide bonds. The summed E-state index contributed by atoms with van der Waals surface area (Å²) < 4.78 is 13.5. The molecular weight excluding hydrogens is 331 g/mol. The largest absolute Gasteiger partial charge is 0.375 e. The number of fused-ring (bicyclic) bond motifs is 1. The van der Waals surface area contributed by atoms with Crippen LogP contribution in [0, 0.1) is 5.82 Å². The van der Waals surface area contributed by atoms with Crippen molar-refractivity contribution in [2.45, 2.75) is 37.8 Å². The van der Waals surface area contributed by atoms with Crippen molar-refractivity contribution in [3.63, 3.8) is 0 Å². The quantitative estimate of drug-likeness (QED) is 0.891. The molecule has 0 spiro atoms. The second-order valence-corrected chi connectivity index (χ2v) is 7.36. The Morgan fingerprint density at radius 1 is 1.23 bits per heavy atom. The maximum absolute atomic E-state index is 13.5. The third-order valence-electron chi connectivity index (χ3n) is 5.52. The number of anilines is 1. The molecule has 2 N–H and O–H groups in total. The van der Waals surface area contributed by atoms with Gasteiger partial charge in [0.05, 0.1) is 12.2 Å². The van der Waals surface area contributed by atoms with Crippen molar-refractivity contribution in [2.75, 3.05) is 18.0 Å². The van der Waals surface area contributed by atoms with Gasteiger partial charge in [0.1, 0.15) is 5.82 Å². The molecule has 0 bridgehead atoms. The third-order valence-corrected chi connectivity index (χ3v) is 5.52. The van der Waals surface area contributed by atoms with Crippen LogP contribution >= 0.6 is 0 Å². The van der Waals surface area contributed by atoms with E-state index in [2.05, 4.69) is 5.32 Å². The summed E-state index contributed by atoms with van der Waals surface area (Å²) in [5, 5.41) is 14.4. The van der Waals surface area contributed by atoms with Gasteiger partial charge in [-0.2, -0.15) is 0 Å². The van der Waals surface area contributed by atoms with Crippen LogP contribution in [0.15, 0.2) is 42.5 Å². The Balaban J connectivity index is 1.75. The molecule has 1 saturated heterocycles. The van der Waals surface area contributed by atoms with E-state index in [1.165, 1.54) is 12.1 Å². The molecule has 1 atom stereocenters. The Morgan fingerprint density at radius 3 is 2.69 bits per heavy atom. The van der Waals surface area contributed by atoms with Crippen LogP contribution in [0.3, 0.4) is 0 Å². The summed E-state index contributed by atoms with van der Waals surface area (Å²) in [5.41, 5.74) is 1.66. The fourth-order valence-electron chi connectivity index (χ4n) is 4.24. The first-order chi connectivity index (χ1) is 12.5. The average molecular weight is 354 g/mol. The van der Waals surface area contributed by atoms with Gasteiger partial charge in [-0.1, -0.05) is 24.3 Å². The first kappa shape index (κ1) is 17.2. The van der Waals surface area contributed by atoms with Crippen LogP contribution in [0.2, 0.25) is 0 Å². The first-order valence-electron chi connectivity index (χ1n) is 9.11. The molecular formula is C21H23FN2O2. The fourth-order valence-corrected chi connectivity index (χ4v) is 4.24. The van der Waals surface area contributed by atoms with Crippen molar-refractivity contribution in [1.29, 1.82) is 0 Å². The van der Waals surface area contributed by atoms with Crippen LogP contribution in [-0.4, -0.2) is 24.1 Å². The number of hydrogen-bond acceptors (Lipinski definition) is 3. The van der Waals surface area contributed by atoms with Crippen molar-refractivity contribution in [2.24, 2.45) is 0 Å². The van der Waals surface area contributed by atoms with E-state index >= 15 is 0 Å². The Hall–Kier alpha value is -2.24. The third kappa shape index (κ3) is 2.81. The van der Waals surface area contributed by atoms with Crippen LogP contribution < -0.4 is 10.2 Å². The number of nitrogens with zero attached hydrogens (tertiary/aromatic N) is 1. The molecule has 4 rings (SSSR count). The summed E-state index contributed by atoms with van der Waals surface area (Å²) in [6.45, 7) is 3.70. The van der Waals surface area contributed by atoms with Gasteiger partial charge < -0.3 is 15.3 Å². The van der Waals surface area contributed by atoms with Gasteiger partial charge in [-0.25, -0.2) is 4.39 Å². The first-order valence-corrected chi connectivity index (χ1v) is 9.11. The van der Waals surface area contributed by atoms with E-state index in [-0.39, 0.29) is 18.3 Å². The smallest absolute Gasteiger partial charge is 0.263 e. The van der Waals surface area contributed by atoms with Gasteiger partial charge in [-0.15, -0.1) is 0 Å². The average Bonchev–Trinajstić information content (AvgIpc) is 2.83. The van der Waals surface area contributed by atoms with Crippen molar-refractivity contribution < 1.29 is 14.3 Å². The van der Waals surface area contributed by atoms with Crippen molar-refractivity contribution in [1.82, 2.24) is 5.32 Å². The number of carbonyl (C=O) groups is 1. The molecule has 0 radical (unpaired) electrons. The minimum absolute atomic E-state index is 0.245. The number of amides is 1. The molecule has 26 heavy (non-hydrogen) atoms. The van der Waals surface area contributed by atoms with Gasteiger partial charge >= 0.3 is 0 Å². The van der Waals surface area contributed by atoms with E-state index in [1.54, 1.807) is 24.0 Å². The molecule has 2 aromatic rings. The van der Waals surface area contributed by atoms with E-state index in [0.29, 0.717) is 17.0 Å². The van der Waals surface area contributed by atoms with Crippen molar-refractivity contribution in [3.05, 3.63) is 65.0 Å². The van der Waals surface area contributed by atoms with Crippen LogP contribution in [0.4, 0.5) is 10.1 Å². The summed E-state index contributed by atoms with van der Waals surface area (Å²) >= 11 is 0. The summed E-state index contributed by atoms with van der Waals surface area (Å²) in [6.07, 6.45) is 1.98. The van der Waals surface area contributed by atoms with Crippen molar-refractivity contribution in [3.8, 4) is 0 Å². The number of benzene rings is 2. The maximum Gasteiger partial charge on any atom is 0.263 e. The summed E-state index contributed by atoms with van der Waals surface area (Å²) in [5.74, 6) is -0.345. The molecule has 4 nitrogen and oxygen atoms in total. The second-order valence-electron chi connectivity index (χ2n) is 7.36. The van der Waals surface area contributed by atoms with E-state index in [4.69, 9.17) is 0 Å². The molecule has 2 heterocycles. The Labute approximate surface area is 152 Å². The molecule has 2 aliphatic heterocycles. The van der Waals surface area contributed by atoms with Crippen LogP contribution in [0.25, 0.3) is 0 Å². The fraction of sp³-hybridized carbons (Fsp3) is 0.381. The standard InChI is InChI=1S/C21H23FN2O2/c1-21(26)19-17(15-8-10-23-11-9-15)6-3-7-18(19)24(20(21)25)13-14-4-2-5-16(22)12-14/h2-7,12,15,23,26H,8-11,13H2,1H3. The maximum atomic E-state index is 13.5. The molecule has 1 fully saturated rings. The summed E-state index contributed by atoms with van der Waals surface area (Å²) in [7, 11) is 0. The molecule has 1 unspecified atom stereocenters. The molecule has 136 valence electrons. The predicted molar refractivity (Wildman–Crippen MR) is 98.4 cm³/mol. The van der Waals surface area contributed by atoms with Gasteiger partial charge in [0.2, 0.25) is 0 Å². The zero-order valence-electron chi connectivity index (χ0n) is 14.8. The minimum atomic E-state index is -1.55. The number of rotatable bonds is 3. The lowest BCUT2D eigenvalue weighted by molar-refractivity contribution is -0.134. The van der Waals surface area contributed by atoms with Gasteiger partial charge in [0.15, 0.2) is 5.60 Å². The van der Waals surface area contributed by atoms with E-state index in [9.17, 15) is 14.3 Å². The Bertz CT molecular complexity index is 844. The number of piperidine rings is 1. The Morgan fingerprint density at radius 2 is 1.96 bits per heavy atom. The number of halogens is 1. The highest BCUT2D eigenvalue weighted by Crippen LogP contribution is 2.46. The highest BCUT2D eigenvalue weighted by molar-refractivity contribution is 6.07. The summed E-state index contributed by atoms with van der Waals surface area (Å²) in [6, 6.07) is 12.1. The minimum Gasteiger partial charge on any atom is -0.375 e. The van der Waals surface area contributed by atoms with Crippen LogP contribution in [0.5, 0.6) is 0 Å². The molecule has 0 aromatic heterocycles. The zero-order chi connectivity index (χ0) is 18.3. The van der Waals surface area contributed by atoms with Crippen LogP contribution in [-0.2, 0) is 16.9 Å². The van der Waals surface area contributed by atoms with Gasteiger partial charge in [-0.3, -0.25) is 4.79 Å². The lowest BCUT2D eigenvalue weighted by Gasteiger charge is -2.27. The summed E-state index contributed by atoms with van der Waals surface area (Å²) in [4.78, 5) is 14.6.